The summed E-state index contributed by atoms with van der Waals surface area (Å²) in [6, 6.07) is 7.93. The highest BCUT2D eigenvalue weighted by atomic mass is 16.6. The average Bonchev–Trinajstić information content (AvgIpc) is 2.71. The van der Waals surface area contributed by atoms with Gasteiger partial charge >= 0.3 is 6.09 Å². The Kier molecular flexibility index (Phi) is 7.40. The third kappa shape index (κ3) is 6.21. The number of hydrogen-bond donors (Lipinski definition) is 2. The molecule has 2 aliphatic rings. The minimum atomic E-state index is -0.481. The molecule has 6 heteroatoms. The molecule has 6 nitrogen and oxygen atoms in total. The molecule has 1 aromatic carbocycles. The molecular formula is C24H37N3O3. The lowest BCUT2D eigenvalue weighted by molar-refractivity contribution is 0.00855. The second-order valence-corrected chi connectivity index (χ2v) is 9.76. The van der Waals surface area contributed by atoms with E-state index in [2.05, 4.69) is 16.7 Å². The first kappa shape index (κ1) is 22.6. The number of aryl methyl sites for hydroxylation is 1. The van der Waals surface area contributed by atoms with Crippen LogP contribution in [0.1, 0.15) is 68.8 Å². The standard InChI is InChI=1S/C24H37N3O3/c1-23(2,3)30-22(29)27-16-12-24(13-17-27)11-7-15-25-14-6-9-19-8-4-5-10-20(19)21(28)26-18-24/h4-5,8,10,25H,6-7,9,11-18H2,1-3H3,(H,26,28). The smallest absolute Gasteiger partial charge is 0.410 e. The maximum atomic E-state index is 13.0. The Labute approximate surface area is 180 Å². The van der Waals surface area contributed by atoms with Gasteiger partial charge in [-0.3, -0.25) is 4.79 Å². The second kappa shape index (κ2) is 9.82. The molecule has 2 aliphatic heterocycles. The summed E-state index contributed by atoms with van der Waals surface area (Å²) in [6.07, 6.45) is 5.59. The Balaban J connectivity index is 1.68. The first-order chi connectivity index (χ1) is 14.3. The first-order valence-corrected chi connectivity index (χ1v) is 11.3. The normalized spacial score (nSPS) is 20.9. The first-order valence-electron chi connectivity index (χ1n) is 11.3. The maximum absolute atomic E-state index is 13.0. The van der Waals surface area contributed by atoms with Crippen LogP contribution in [0.3, 0.4) is 0 Å². The number of likely N-dealkylation sites (tertiary alicyclic amines) is 1. The van der Waals surface area contributed by atoms with Crippen molar-refractivity contribution in [2.45, 2.75) is 64.9 Å². The van der Waals surface area contributed by atoms with Crippen molar-refractivity contribution in [3.63, 3.8) is 0 Å². The number of carbonyl (C=O) groups is 2. The Morgan fingerprint density at radius 1 is 1.07 bits per heavy atom. The van der Waals surface area contributed by atoms with Gasteiger partial charge in [-0.25, -0.2) is 4.79 Å². The number of nitrogens with zero attached hydrogens (tertiary/aromatic N) is 1. The number of ether oxygens (including phenoxy) is 1. The van der Waals surface area contributed by atoms with Gasteiger partial charge in [0.25, 0.3) is 5.91 Å². The summed E-state index contributed by atoms with van der Waals surface area (Å²) >= 11 is 0. The van der Waals surface area contributed by atoms with Gasteiger partial charge < -0.3 is 20.3 Å². The lowest BCUT2D eigenvalue weighted by Gasteiger charge is -2.42. The largest absolute Gasteiger partial charge is 0.444 e. The highest BCUT2D eigenvalue weighted by molar-refractivity contribution is 5.95. The van der Waals surface area contributed by atoms with Crippen LogP contribution in [0.5, 0.6) is 0 Å². The number of benzene rings is 1. The molecule has 30 heavy (non-hydrogen) atoms. The molecule has 1 aromatic rings. The van der Waals surface area contributed by atoms with Crippen LogP contribution in [0.2, 0.25) is 0 Å². The van der Waals surface area contributed by atoms with Crippen LogP contribution in [0.15, 0.2) is 24.3 Å². The number of nitrogens with one attached hydrogen (secondary N) is 2. The minimum Gasteiger partial charge on any atom is -0.444 e. The van der Waals surface area contributed by atoms with Crippen molar-refractivity contribution < 1.29 is 14.3 Å². The second-order valence-electron chi connectivity index (χ2n) is 9.76. The van der Waals surface area contributed by atoms with E-state index in [1.807, 2.05) is 43.9 Å². The molecule has 2 amide bonds. The quantitative estimate of drug-likeness (QED) is 0.677. The van der Waals surface area contributed by atoms with Crippen LogP contribution >= 0.6 is 0 Å². The highest BCUT2D eigenvalue weighted by Crippen LogP contribution is 2.36. The summed E-state index contributed by atoms with van der Waals surface area (Å²) in [7, 11) is 0. The van der Waals surface area contributed by atoms with Crippen molar-refractivity contribution in [1.82, 2.24) is 15.5 Å². The van der Waals surface area contributed by atoms with Crippen molar-refractivity contribution >= 4 is 12.0 Å². The molecule has 2 heterocycles. The number of rotatable bonds is 0. The molecule has 0 saturated carbocycles. The van der Waals surface area contributed by atoms with Gasteiger partial charge in [-0.1, -0.05) is 18.2 Å². The molecule has 1 fully saturated rings. The number of amides is 2. The SMILES string of the molecule is CC(C)(C)OC(=O)N1CCC2(CCCNCCCc3ccccc3C(=O)NC2)CC1. The fraction of sp³-hybridized carbons (Fsp3) is 0.667. The molecule has 2 N–H and O–H groups in total. The van der Waals surface area contributed by atoms with Gasteiger partial charge in [0.2, 0.25) is 0 Å². The van der Waals surface area contributed by atoms with Gasteiger partial charge in [0.05, 0.1) is 0 Å². The van der Waals surface area contributed by atoms with Gasteiger partial charge in [0, 0.05) is 25.2 Å². The van der Waals surface area contributed by atoms with Gasteiger partial charge in [-0.05, 0) is 89.4 Å². The topological polar surface area (TPSA) is 70.7 Å². The molecule has 166 valence electrons. The van der Waals surface area contributed by atoms with Gasteiger partial charge in [-0.2, -0.15) is 0 Å². The van der Waals surface area contributed by atoms with Gasteiger partial charge in [0.15, 0.2) is 0 Å². The van der Waals surface area contributed by atoms with Crippen LogP contribution in [-0.4, -0.2) is 55.2 Å². The van der Waals surface area contributed by atoms with Crippen LogP contribution in [0.4, 0.5) is 4.79 Å². The molecule has 0 aromatic heterocycles. The molecule has 1 spiro atoms. The number of carbonyl (C=O) groups excluding carboxylic acids is 2. The van der Waals surface area contributed by atoms with E-state index in [1.165, 1.54) is 0 Å². The van der Waals surface area contributed by atoms with Crippen LogP contribution in [-0.2, 0) is 11.2 Å². The summed E-state index contributed by atoms with van der Waals surface area (Å²) in [5, 5.41) is 6.78. The Hall–Kier alpha value is -2.08. The zero-order valence-corrected chi connectivity index (χ0v) is 18.8. The van der Waals surface area contributed by atoms with E-state index in [1.54, 1.807) is 0 Å². The summed E-state index contributed by atoms with van der Waals surface area (Å²) in [5.41, 5.74) is 1.45. The summed E-state index contributed by atoms with van der Waals surface area (Å²) in [6.45, 7) is 9.65. The van der Waals surface area contributed by atoms with E-state index in [-0.39, 0.29) is 17.4 Å². The third-order valence-electron chi connectivity index (χ3n) is 6.22. The van der Waals surface area contributed by atoms with Crippen molar-refractivity contribution in [3.8, 4) is 0 Å². The minimum absolute atomic E-state index is 0.0201. The molecule has 0 atom stereocenters. The highest BCUT2D eigenvalue weighted by Gasteiger charge is 2.37. The van der Waals surface area contributed by atoms with E-state index in [9.17, 15) is 9.59 Å². The predicted molar refractivity (Wildman–Crippen MR) is 119 cm³/mol. The molecular weight excluding hydrogens is 378 g/mol. The molecule has 0 bridgehead atoms. The number of hydrogen-bond acceptors (Lipinski definition) is 4. The Morgan fingerprint density at radius 2 is 1.77 bits per heavy atom. The summed E-state index contributed by atoms with van der Waals surface area (Å²) in [5.74, 6) is 0.0201. The molecule has 0 unspecified atom stereocenters. The van der Waals surface area contributed by atoms with E-state index in [4.69, 9.17) is 4.74 Å². The van der Waals surface area contributed by atoms with E-state index >= 15 is 0 Å². The zero-order chi connectivity index (χ0) is 21.6. The van der Waals surface area contributed by atoms with Crippen molar-refractivity contribution in [3.05, 3.63) is 35.4 Å². The monoisotopic (exact) mass is 415 g/mol. The predicted octanol–water partition coefficient (Wildman–Crippen LogP) is 3.75. The molecule has 3 rings (SSSR count). The van der Waals surface area contributed by atoms with Crippen LogP contribution in [0.25, 0.3) is 0 Å². The van der Waals surface area contributed by atoms with E-state index in [0.717, 1.165) is 62.7 Å². The molecule has 1 saturated heterocycles. The summed E-state index contributed by atoms with van der Waals surface area (Å²) < 4.78 is 5.54. The summed E-state index contributed by atoms with van der Waals surface area (Å²) in [4.78, 5) is 27.2. The van der Waals surface area contributed by atoms with E-state index < -0.39 is 5.60 Å². The van der Waals surface area contributed by atoms with Crippen molar-refractivity contribution in [1.29, 1.82) is 0 Å². The average molecular weight is 416 g/mol. The Morgan fingerprint density at radius 3 is 2.50 bits per heavy atom. The third-order valence-corrected chi connectivity index (χ3v) is 6.22. The number of fused-ring (bicyclic) bond motifs is 1. The lowest BCUT2D eigenvalue weighted by atomic mass is 9.74. The van der Waals surface area contributed by atoms with Crippen LogP contribution < -0.4 is 10.6 Å². The lowest BCUT2D eigenvalue weighted by Crippen LogP contribution is -2.49. The number of piperidine rings is 1. The van der Waals surface area contributed by atoms with Gasteiger partial charge in [-0.15, -0.1) is 0 Å². The Bertz CT molecular complexity index is 733. The van der Waals surface area contributed by atoms with Gasteiger partial charge in [0.1, 0.15) is 5.60 Å². The molecule has 0 aliphatic carbocycles. The van der Waals surface area contributed by atoms with Crippen molar-refractivity contribution in [2.75, 3.05) is 32.7 Å². The van der Waals surface area contributed by atoms with Crippen LogP contribution in [0, 0.1) is 5.41 Å². The fourth-order valence-electron chi connectivity index (χ4n) is 4.45. The maximum Gasteiger partial charge on any atom is 0.410 e. The van der Waals surface area contributed by atoms with Crippen molar-refractivity contribution in [2.24, 2.45) is 5.41 Å². The molecule has 0 radical (unpaired) electrons. The van der Waals surface area contributed by atoms with E-state index in [0.29, 0.717) is 19.6 Å². The fourth-order valence-corrected chi connectivity index (χ4v) is 4.45. The zero-order valence-electron chi connectivity index (χ0n) is 18.8.